The predicted molar refractivity (Wildman–Crippen MR) is 223 cm³/mol. The quantitative estimate of drug-likeness (QED) is 0.0419. The first-order chi connectivity index (χ1) is 27.3. The number of azo groups is 2. The summed E-state index contributed by atoms with van der Waals surface area (Å²) in [5.74, 6) is -0.846. The van der Waals surface area contributed by atoms with Gasteiger partial charge in [0.05, 0.1) is 56.1 Å². The van der Waals surface area contributed by atoms with Crippen LogP contribution in [-0.4, -0.2) is 39.0 Å². The molecule has 0 radical (unpaired) electrons. The first-order valence-electron chi connectivity index (χ1n) is 17.7. The molecule has 0 fully saturated rings. The van der Waals surface area contributed by atoms with Gasteiger partial charge in [-0.15, -0.1) is 0 Å². The number of anilines is 2. The zero-order chi connectivity index (χ0) is 40.9. The molecule has 0 spiro atoms. The normalized spacial score (nSPS) is 11.4. The molecule has 2 heterocycles. The number of hydrogen-bond acceptors (Lipinski definition) is 14. The molecule has 6 aromatic rings. The number of aryl methyl sites for hydroxylation is 2. The van der Waals surface area contributed by atoms with Crippen molar-refractivity contribution in [2.75, 3.05) is 23.7 Å². The summed E-state index contributed by atoms with van der Waals surface area (Å²) < 4.78 is 65.4. The van der Waals surface area contributed by atoms with E-state index in [0.717, 1.165) is 65.4 Å². The van der Waals surface area contributed by atoms with Crippen molar-refractivity contribution in [2.24, 2.45) is 34.6 Å². The molecule has 0 saturated carbocycles. The van der Waals surface area contributed by atoms with E-state index in [2.05, 4.69) is 31.1 Å². The molecule has 0 saturated heterocycles. The fraction of sp³-hybridized carbons (Fsp3) is 0.231. The maximum absolute atomic E-state index is 10.2. The van der Waals surface area contributed by atoms with Gasteiger partial charge < -0.3 is 19.7 Å². The van der Waals surface area contributed by atoms with Gasteiger partial charge in [-0.25, -0.2) is 26.0 Å². The molecule has 0 unspecified atom stereocenters. The van der Waals surface area contributed by atoms with Crippen molar-refractivity contribution in [1.29, 1.82) is 0 Å². The minimum Gasteiger partial charge on any atom is -0.748 e. The van der Waals surface area contributed by atoms with Crippen LogP contribution in [0.4, 0.5) is 33.0 Å². The molecule has 2 N–H and O–H groups in total. The van der Waals surface area contributed by atoms with Crippen LogP contribution in [0.1, 0.15) is 30.4 Å². The van der Waals surface area contributed by atoms with Crippen LogP contribution >= 0.6 is 22.7 Å². The Hall–Kier alpha value is -5.24. The Balaban J connectivity index is 0.000000265. The Kier molecular flexibility index (Phi) is 18.0. The molecule has 14 nitrogen and oxygen atoms in total. The second-order valence-corrected chi connectivity index (χ2v) is 16.9. The van der Waals surface area contributed by atoms with Gasteiger partial charge in [-0.1, -0.05) is 60.7 Å². The van der Waals surface area contributed by atoms with Gasteiger partial charge in [-0.2, -0.15) is 0 Å². The average molecular weight is 849 g/mol. The highest BCUT2D eigenvalue weighted by Crippen LogP contribution is 2.22. The van der Waals surface area contributed by atoms with Crippen LogP contribution < -0.4 is 19.8 Å². The SMILES string of the molecule is C[n+]1ccsc1N=Nc1ccc(NCCCCCNc2ccc(N=Nc3scc[n+]3C)cc2)cc1.O=S(=O)([O-])Cc1ccccc1.O=S(=O)([O-])Cc1ccccc1. The summed E-state index contributed by atoms with van der Waals surface area (Å²) in [5, 5.41) is 29.9. The maximum atomic E-state index is 10.2. The predicted octanol–water partition coefficient (Wildman–Crippen LogP) is 8.45. The Bertz CT molecular complexity index is 2190. The van der Waals surface area contributed by atoms with Crippen LogP contribution in [0.25, 0.3) is 0 Å². The molecule has 4 aromatic carbocycles. The maximum Gasteiger partial charge on any atom is 0.408 e. The number of rotatable bonds is 16. The highest BCUT2D eigenvalue weighted by molar-refractivity contribution is 7.85. The summed E-state index contributed by atoms with van der Waals surface area (Å²) in [7, 11) is -4.32. The Morgan fingerprint density at radius 3 is 1.21 bits per heavy atom. The lowest BCUT2D eigenvalue weighted by Crippen LogP contribution is -2.23. The first kappa shape index (κ1) is 44.5. The number of nitrogens with zero attached hydrogens (tertiary/aromatic N) is 6. The average Bonchev–Trinajstić information content (AvgIpc) is 3.80. The van der Waals surface area contributed by atoms with E-state index in [9.17, 15) is 25.9 Å². The van der Waals surface area contributed by atoms with Crippen LogP contribution in [0.5, 0.6) is 0 Å². The fourth-order valence-electron chi connectivity index (χ4n) is 4.79. The molecule has 0 aliphatic carbocycles. The highest BCUT2D eigenvalue weighted by atomic mass is 32.2. The zero-order valence-corrected chi connectivity index (χ0v) is 34.7. The molecule has 0 bridgehead atoms. The summed E-state index contributed by atoms with van der Waals surface area (Å²) in [6.07, 6.45) is 7.35. The zero-order valence-electron chi connectivity index (χ0n) is 31.4. The molecule has 0 amide bonds. The van der Waals surface area contributed by atoms with Crippen LogP contribution in [0, 0.1) is 0 Å². The summed E-state index contributed by atoms with van der Waals surface area (Å²) >= 11 is 3.14. The smallest absolute Gasteiger partial charge is 0.408 e. The van der Waals surface area contributed by atoms with Gasteiger partial charge in [-0.3, -0.25) is 0 Å². The lowest BCUT2D eigenvalue weighted by molar-refractivity contribution is -0.654. The number of aromatic nitrogens is 2. The van der Waals surface area contributed by atoms with Crippen molar-refractivity contribution in [3.05, 3.63) is 143 Å². The van der Waals surface area contributed by atoms with Crippen molar-refractivity contribution < 1.29 is 35.1 Å². The molecule has 6 rings (SSSR count). The Morgan fingerprint density at radius 1 is 0.526 bits per heavy atom. The molecule has 2 aromatic heterocycles. The van der Waals surface area contributed by atoms with Gasteiger partial charge in [0.15, 0.2) is 0 Å². The van der Waals surface area contributed by atoms with Crippen molar-refractivity contribution in [3.8, 4) is 0 Å². The minimum absolute atomic E-state index is 0.423. The van der Waals surface area contributed by atoms with Crippen LogP contribution in [0.2, 0.25) is 0 Å². The van der Waals surface area contributed by atoms with E-state index in [1.165, 1.54) is 0 Å². The summed E-state index contributed by atoms with van der Waals surface area (Å²) in [4.78, 5) is 0. The van der Waals surface area contributed by atoms with Crippen molar-refractivity contribution >= 4 is 75.9 Å². The standard InChI is InChI=1S/C25H28N8S2.2C7H8O3S/c1-32-16-18-34-24(32)30-28-22-10-6-20(7-11-22)26-14-4-3-5-15-27-21-8-12-23(13-9-21)29-31-25-33(2)17-19-35-25;2*8-11(9,10)6-7-4-2-1-3-5-7/h6-13,16-19H,3-5,14-15H2,1-2H3;2*1-5H,6H2,(H,8,9,10). The first-order valence-corrected chi connectivity index (χ1v) is 22.6. The third kappa shape index (κ3) is 18.5. The van der Waals surface area contributed by atoms with Gasteiger partial charge in [0, 0.05) is 35.2 Å². The largest absolute Gasteiger partial charge is 0.748 e. The third-order valence-corrected chi connectivity index (χ3v) is 10.7. The number of nitrogens with one attached hydrogen (secondary N) is 2. The summed E-state index contributed by atoms with van der Waals surface area (Å²) in [6.45, 7) is 1.90. The summed E-state index contributed by atoms with van der Waals surface area (Å²) in [6, 6.07) is 32.9. The Labute approximate surface area is 341 Å². The topological polar surface area (TPSA) is 196 Å². The van der Waals surface area contributed by atoms with E-state index in [0.29, 0.717) is 11.1 Å². The van der Waals surface area contributed by atoms with Crippen molar-refractivity contribution in [3.63, 3.8) is 0 Å². The second-order valence-electron chi connectivity index (χ2n) is 12.4. The van der Waals surface area contributed by atoms with Crippen molar-refractivity contribution in [2.45, 2.75) is 30.8 Å². The lowest BCUT2D eigenvalue weighted by atomic mass is 10.2. The van der Waals surface area contributed by atoms with E-state index < -0.39 is 31.7 Å². The number of thiazole rings is 2. The minimum atomic E-state index is -4.13. The van der Waals surface area contributed by atoms with Crippen LogP contribution in [0.15, 0.2) is 153 Å². The fourth-order valence-corrected chi connectivity index (χ4v) is 7.35. The molecular weight excluding hydrogens is 805 g/mol. The van der Waals surface area contributed by atoms with Crippen LogP contribution in [0.3, 0.4) is 0 Å². The van der Waals surface area contributed by atoms with Gasteiger partial charge in [0.25, 0.3) is 0 Å². The van der Waals surface area contributed by atoms with E-state index in [1.807, 2.05) is 94.9 Å². The van der Waals surface area contributed by atoms with Gasteiger partial charge in [0.2, 0.25) is 0 Å². The molecule has 300 valence electrons. The number of hydrogen-bond donors (Lipinski definition) is 2. The molecule has 0 atom stereocenters. The van der Waals surface area contributed by atoms with Gasteiger partial charge >= 0.3 is 10.3 Å². The molecule has 18 heteroatoms. The number of unbranched alkanes of at least 4 members (excludes halogenated alkanes) is 2. The third-order valence-electron chi connectivity index (χ3n) is 7.64. The van der Waals surface area contributed by atoms with E-state index in [4.69, 9.17) is 0 Å². The summed E-state index contributed by atoms with van der Waals surface area (Å²) in [5.41, 5.74) is 4.97. The molecular formula is C39H44N8O6S4. The monoisotopic (exact) mass is 848 g/mol. The second kappa shape index (κ2) is 23.1. The van der Waals surface area contributed by atoms with Gasteiger partial charge in [0.1, 0.15) is 23.8 Å². The van der Waals surface area contributed by atoms with E-state index in [-0.39, 0.29) is 0 Å². The van der Waals surface area contributed by atoms with Crippen LogP contribution in [-0.2, 0) is 45.8 Å². The van der Waals surface area contributed by atoms with E-state index in [1.54, 1.807) is 83.3 Å². The molecule has 0 aliphatic rings. The molecule has 57 heavy (non-hydrogen) atoms. The Morgan fingerprint density at radius 2 is 0.895 bits per heavy atom. The lowest BCUT2D eigenvalue weighted by Gasteiger charge is -2.08. The number of benzene rings is 4. The highest BCUT2D eigenvalue weighted by Gasteiger charge is 2.08. The van der Waals surface area contributed by atoms with Crippen molar-refractivity contribution in [1.82, 2.24) is 0 Å². The van der Waals surface area contributed by atoms with Gasteiger partial charge in [-0.05, 0) is 112 Å². The van der Waals surface area contributed by atoms with E-state index >= 15 is 0 Å². The molecule has 0 aliphatic heterocycles.